The molecule has 1 atom stereocenters. The number of hydrogen-bond donors (Lipinski definition) is 0. The lowest BCUT2D eigenvalue weighted by atomic mass is 10.0. The van der Waals surface area contributed by atoms with Crippen LogP contribution in [0.5, 0.6) is 0 Å². The Morgan fingerprint density at radius 2 is 1.89 bits per heavy atom. The highest BCUT2D eigenvalue weighted by Gasteiger charge is 2.42. The largest absolute Gasteiger partial charge is 0.461 e. The number of fused-ring (bicyclic) bond motifs is 1. The van der Waals surface area contributed by atoms with Crippen molar-refractivity contribution in [3.63, 3.8) is 0 Å². The Labute approximate surface area is 155 Å². The van der Waals surface area contributed by atoms with Crippen LogP contribution in [0.4, 0.5) is 18.0 Å². The van der Waals surface area contributed by atoms with Gasteiger partial charge < -0.3 is 14.4 Å². The van der Waals surface area contributed by atoms with Crippen molar-refractivity contribution in [3.05, 3.63) is 17.0 Å². The molecule has 1 amide bonds. The number of halogens is 3. The molecule has 1 aliphatic heterocycles. The topological polar surface area (TPSA) is 73.7 Å². The van der Waals surface area contributed by atoms with Crippen LogP contribution in [-0.2, 0) is 22.4 Å². The molecule has 0 saturated carbocycles. The van der Waals surface area contributed by atoms with Gasteiger partial charge in [-0.15, -0.1) is 0 Å². The van der Waals surface area contributed by atoms with E-state index in [0.29, 0.717) is 0 Å². The third-order valence-electron chi connectivity index (χ3n) is 4.05. The molecule has 1 aromatic rings. The van der Waals surface area contributed by atoms with Gasteiger partial charge in [0.15, 0.2) is 5.69 Å². The summed E-state index contributed by atoms with van der Waals surface area (Å²) in [6, 6.07) is -1.90. The van der Waals surface area contributed by atoms with E-state index < -0.39 is 29.9 Å². The Bertz CT molecular complexity index is 722. The van der Waals surface area contributed by atoms with Crippen LogP contribution in [-0.4, -0.2) is 51.7 Å². The number of aromatic nitrogens is 2. The van der Waals surface area contributed by atoms with Gasteiger partial charge in [0.05, 0.1) is 13.2 Å². The highest BCUT2D eigenvalue weighted by molar-refractivity contribution is 5.89. The Balaban J connectivity index is 2.40. The number of alkyl halides is 3. The molecule has 27 heavy (non-hydrogen) atoms. The summed E-state index contributed by atoms with van der Waals surface area (Å²) in [5.74, 6) is -0.812. The zero-order chi connectivity index (χ0) is 20.6. The van der Waals surface area contributed by atoms with Gasteiger partial charge in [-0.25, -0.2) is 9.59 Å². The molecule has 0 fully saturated rings. The zero-order valence-corrected chi connectivity index (χ0v) is 16.0. The average Bonchev–Trinajstić information content (AvgIpc) is 2.90. The third-order valence-corrected chi connectivity index (χ3v) is 4.05. The first-order chi connectivity index (χ1) is 12.3. The average molecular weight is 391 g/mol. The van der Waals surface area contributed by atoms with Gasteiger partial charge in [0.25, 0.3) is 0 Å². The van der Waals surface area contributed by atoms with E-state index in [4.69, 9.17) is 9.47 Å². The lowest BCUT2D eigenvalue weighted by Crippen LogP contribution is -2.40. The first-order valence-electron chi connectivity index (χ1n) is 8.67. The van der Waals surface area contributed by atoms with Gasteiger partial charge in [-0.05, 0) is 34.6 Å². The molecule has 2 heterocycles. The molecular weight excluding hydrogens is 367 g/mol. The van der Waals surface area contributed by atoms with Crippen molar-refractivity contribution in [2.45, 2.75) is 65.4 Å². The summed E-state index contributed by atoms with van der Waals surface area (Å²) in [5.41, 5.74) is -0.364. The molecule has 0 N–H and O–H groups in total. The van der Waals surface area contributed by atoms with Crippen molar-refractivity contribution in [1.29, 1.82) is 0 Å². The third kappa shape index (κ3) is 4.72. The number of esters is 1. The van der Waals surface area contributed by atoms with E-state index in [0.717, 1.165) is 11.6 Å². The van der Waals surface area contributed by atoms with Crippen LogP contribution in [0, 0.1) is 0 Å². The lowest BCUT2D eigenvalue weighted by molar-refractivity contribution is -0.166. The number of hydrogen-bond acceptors (Lipinski definition) is 5. The number of carbonyl (C=O) groups excluding carboxylic acids is 2. The summed E-state index contributed by atoms with van der Waals surface area (Å²) in [6.07, 6.45) is -4.99. The molecule has 152 valence electrons. The van der Waals surface area contributed by atoms with E-state index >= 15 is 0 Å². The quantitative estimate of drug-likeness (QED) is 0.738. The van der Waals surface area contributed by atoms with Crippen LogP contribution in [0.25, 0.3) is 0 Å². The molecule has 0 unspecified atom stereocenters. The van der Waals surface area contributed by atoms with Gasteiger partial charge in [0.2, 0.25) is 0 Å². The summed E-state index contributed by atoms with van der Waals surface area (Å²) >= 11 is 0. The predicted molar refractivity (Wildman–Crippen MR) is 89.3 cm³/mol. The Morgan fingerprint density at radius 3 is 2.41 bits per heavy atom. The minimum Gasteiger partial charge on any atom is -0.461 e. The van der Waals surface area contributed by atoms with E-state index in [1.807, 2.05) is 0 Å². The molecule has 0 spiro atoms. The van der Waals surface area contributed by atoms with Gasteiger partial charge in [-0.1, -0.05) is 0 Å². The van der Waals surface area contributed by atoms with Gasteiger partial charge in [0.1, 0.15) is 11.6 Å². The number of ether oxygens (including phenoxy) is 2. The standard InChI is InChI=1S/C17H24F3N3O4/c1-6-26-14(24)13-11-9-22(15(25)27-16(3,4)5)8-7-12(11)23(21-13)10(2)17(18,19)20/h10H,6-9H2,1-5H3/t10-/m1/s1. The van der Waals surface area contributed by atoms with Crippen molar-refractivity contribution in [3.8, 4) is 0 Å². The van der Waals surface area contributed by atoms with Crippen molar-refractivity contribution in [2.24, 2.45) is 0 Å². The fourth-order valence-corrected chi connectivity index (χ4v) is 2.75. The summed E-state index contributed by atoms with van der Waals surface area (Å²) in [5, 5.41) is 3.89. The Morgan fingerprint density at radius 1 is 1.26 bits per heavy atom. The molecule has 1 aromatic heterocycles. The molecule has 0 bridgehead atoms. The van der Waals surface area contributed by atoms with Crippen molar-refractivity contribution in [1.82, 2.24) is 14.7 Å². The molecule has 2 rings (SSSR count). The maximum absolute atomic E-state index is 13.2. The molecule has 0 aromatic carbocycles. The number of rotatable bonds is 3. The molecule has 0 saturated heterocycles. The van der Waals surface area contributed by atoms with Crippen LogP contribution in [0.15, 0.2) is 0 Å². The van der Waals surface area contributed by atoms with Crippen LogP contribution in [0.1, 0.15) is 62.4 Å². The molecular formula is C17H24F3N3O4. The predicted octanol–water partition coefficient (Wildman–Crippen LogP) is 3.48. The van der Waals surface area contributed by atoms with E-state index in [-0.39, 0.29) is 43.1 Å². The van der Waals surface area contributed by atoms with Crippen LogP contribution in [0.3, 0.4) is 0 Å². The minimum atomic E-state index is -4.52. The second-order valence-corrected chi connectivity index (χ2v) is 7.31. The highest BCUT2D eigenvalue weighted by Crippen LogP contribution is 2.34. The maximum atomic E-state index is 13.2. The number of carbonyl (C=O) groups is 2. The van der Waals surface area contributed by atoms with Crippen molar-refractivity contribution >= 4 is 12.1 Å². The van der Waals surface area contributed by atoms with Crippen molar-refractivity contribution in [2.75, 3.05) is 13.2 Å². The van der Waals surface area contributed by atoms with Gasteiger partial charge in [-0.2, -0.15) is 18.3 Å². The van der Waals surface area contributed by atoms with Gasteiger partial charge in [-0.3, -0.25) is 4.68 Å². The molecule has 0 aliphatic carbocycles. The molecule has 10 heteroatoms. The van der Waals surface area contributed by atoms with E-state index in [1.165, 1.54) is 4.90 Å². The maximum Gasteiger partial charge on any atom is 0.410 e. The summed E-state index contributed by atoms with van der Waals surface area (Å²) < 4.78 is 50.6. The van der Waals surface area contributed by atoms with Crippen LogP contribution < -0.4 is 0 Å². The molecule has 0 radical (unpaired) electrons. The second kappa shape index (κ2) is 7.40. The minimum absolute atomic E-state index is 0.0606. The first kappa shape index (κ1) is 21.0. The Kier molecular flexibility index (Phi) is 5.77. The summed E-state index contributed by atoms with van der Waals surface area (Å²) in [4.78, 5) is 25.9. The van der Waals surface area contributed by atoms with Gasteiger partial charge >= 0.3 is 18.2 Å². The number of amides is 1. The SMILES string of the molecule is CCOC(=O)c1nn([C@H](C)C(F)(F)F)c2c1CN(C(=O)OC(C)(C)C)CC2. The van der Waals surface area contributed by atoms with E-state index in [1.54, 1.807) is 27.7 Å². The number of nitrogens with zero attached hydrogens (tertiary/aromatic N) is 3. The fourth-order valence-electron chi connectivity index (χ4n) is 2.75. The van der Waals surface area contributed by atoms with Crippen LogP contribution >= 0.6 is 0 Å². The fraction of sp³-hybridized carbons (Fsp3) is 0.706. The van der Waals surface area contributed by atoms with Crippen molar-refractivity contribution < 1.29 is 32.2 Å². The van der Waals surface area contributed by atoms with E-state index in [2.05, 4.69) is 5.10 Å². The summed E-state index contributed by atoms with van der Waals surface area (Å²) in [7, 11) is 0. The highest BCUT2D eigenvalue weighted by atomic mass is 19.4. The Hall–Kier alpha value is -2.26. The van der Waals surface area contributed by atoms with Gasteiger partial charge in [0, 0.05) is 24.2 Å². The monoisotopic (exact) mass is 391 g/mol. The zero-order valence-electron chi connectivity index (χ0n) is 16.0. The molecule has 1 aliphatic rings. The lowest BCUT2D eigenvalue weighted by Gasteiger charge is -2.31. The van der Waals surface area contributed by atoms with Crippen LogP contribution in [0.2, 0.25) is 0 Å². The normalized spacial score (nSPS) is 15.9. The second-order valence-electron chi connectivity index (χ2n) is 7.31. The van der Waals surface area contributed by atoms with E-state index in [9.17, 15) is 22.8 Å². The molecule has 7 nitrogen and oxygen atoms in total. The first-order valence-corrected chi connectivity index (χ1v) is 8.67. The summed E-state index contributed by atoms with van der Waals surface area (Å²) in [6.45, 7) is 7.87. The smallest absolute Gasteiger partial charge is 0.410 e.